The minimum Gasteiger partial charge on any atom is -0.477 e. The van der Waals surface area contributed by atoms with Gasteiger partial charge in [0.25, 0.3) is 11.8 Å². The number of aromatic nitrogens is 5. The van der Waals surface area contributed by atoms with E-state index in [4.69, 9.17) is 9.47 Å². The van der Waals surface area contributed by atoms with Crippen LogP contribution < -0.4 is 15.4 Å². The van der Waals surface area contributed by atoms with Crippen molar-refractivity contribution in [3.05, 3.63) is 35.4 Å². The summed E-state index contributed by atoms with van der Waals surface area (Å²) in [5.74, 6) is -4.11. The zero-order valence-corrected chi connectivity index (χ0v) is 23.1. The number of carbonyl (C=O) groups excluding carboxylic acids is 2. The van der Waals surface area contributed by atoms with Gasteiger partial charge in [-0.3, -0.25) is 4.79 Å². The van der Waals surface area contributed by atoms with Crippen LogP contribution >= 0.6 is 0 Å². The average molecular weight is 617 g/mol. The molecular weight excluding hydrogens is 587 g/mol. The van der Waals surface area contributed by atoms with Crippen LogP contribution in [-0.4, -0.2) is 87.3 Å². The first-order chi connectivity index (χ1) is 20.4. The van der Waals surface area contributed by atoms with Gasteiger partial charge in [0.05, 0.1) is 43.8 Å². The molecule has 0 spiro atoms. The number of carbonyl (C=O) groups is 2. The van der Waals surface area contributed by atoms with Gasteiger partial charge in [-0.05, 0) is 47.1 Å². The number of amides is 3. The summed E-state index contributed by atoms with van der Waals surface area (Å²) >= 11 is 0. The normalized spacial score (nSPS) is 20.7. The molecule has 5 rings (SSSR count). The summed E-state index contributed by atoms with van der Waals surface area (Å²) in [6.07, 6.45) is -2.04. The Morgan fingerprint density at radius 3 is 2.65 bits per heavy atom. The third-order valence-electron chi connectivity index (χ3n) is 7.75. The Morgan fingerprint density at radius 2 is 2.00 bits per heavy atom. The van der Waals surface area contributed by atoms with E-state index < -0.39 is 54.6 Å². The number of nitrogens with one attached hydrogen (secondary N) is 2. The largest absolute Gasteiger partial charge is 0.477 e. The Morgan fingerprint density at radius 1 is 1.26 bits per heavy atom. The number of halogens is 5. The van der Waals surface area contributed by atoms with Crippen LogP contribution in [0.1, 0.15) is 65.9 Å². The van der Waals surface area contributed by atoms with Gasteiger partial charge in [0.1, 0.15) is 6.04 Å². The predicted molar refractivity (Wildman–Crippen MR) is 135 cm³/mol. The molecular formula is C25H29F5N8O5. The van der Waals surface area contributed by atoms with Gasteiger partial charge in [-0.1, -0.05) is 0 Å². The first kappa shape index (κ1) is 30.4. The number of methoxy groups -OCH3 is 2. The van der Waals surface area contributed by atoms with E-state index in [-0.39, 0.29) is 55.9 Å². The van der Waals surface area contributed by atoms with E-state index in [0.29, 0.717) is 11.3 Å². The molecule has 4 heterocycles. The number of imidazole rings is 1. The van der Waals surface area contributed by atoms with Crippen molar-refractivity contribution in [1.29, 1.82) is 0 Å². The van der Waals surface area contributed by atoms with Crippen LogP contribution in [0.3, 0.4) is 0 Å². The van der Waals surface area contributed by atoms with Gasteiger partial charge < -0.3 is 25.0 Å². The number of hydrogen-bond acceptors (Lipinski definition) is 9. The number of hydrogen-bond donors (Lipinski definition) is 2. The molecule has 2 aliphatic rings. The van der Waals surface area contributed by atoms with E-state index >= 15 is 0 Å². The molecule has 2 N–H and O–H groups in total. The van der Waals surface area contributed by atoms with Crippen LogP contribution in [0.5, 0.6) is 5.88 Å². The molecule has 1 aliphatic carbocycles. The second-order valence-corrected chi connectivity index (χ2v) is 10.5. The number of fused-ring (bicyclic) bond motifs is 1. The highest BCUT2D eigenvalue weighted by Gasteiger charge is 2.48. The van der Waals surface area contributed by atoms with Gasteiger partial charge in [-0.25, -0.2) is 27.7 Å². The Bertz CT molecular complexity index is 1450. The number of rotatable bonds is 10. The monoisotopic (exact) mass is 616 g/mol. The fourth-order valence-electron chi connectivity index (χ4n) is 5.48. The summed E-state index contributed by atoms with van der Waals surface area (Å²) in [5.41, 5.74) is 0.756. The van der Waals surface area contributed by atoms with Crippen molar-refractivity contribution in [2.24, 2.45) is 5.92 Å². The highest BCUT2D eigenvalue weighted by atomic mass is 19.4. The van der Waals surface area contributed by atoms with Gasteiger partial charge in [-0.2, -0.15) is 18.3 Å². The lowest BCUT2D eigenvalue weighted by Gasteiger charge is -2.33. The maximum absolute atomic E-state index is 14.0. The molecule has 3 atom stereocenters. The van der Waals surface area contributed by atoms with Gasteiger partial charge >= 0.3 is 12.2 Å². The van der Waals surface area contributed by atoms with Crippen molar-refractivity contribution in [1.82, 2.24) is 40.4 Å². The summed E-state index contributed by atoms with van der Waals surface area (Å²) in [7, 11) is 2.71. The number of urea groups is 1. The molecule has 2 fully saturated rings. The van der Waals surface area contributed by atoms with Crippen molar-refractivity contribution in [3.8, 4) is 5.88 Å². The smallest absolute Gasteiger partial charge is 0.410 e. The molecule has 1 saturated carbocycles. The zero-order chi connectivity index (χ0) is 30.9. The second kappa shape index (κ2) is 11.9. The lowest BCUT2D eigenvalue weighted by molar-refractivity contribution is -0.150. The van der Waals surface area contributed by atoms with Crippen molar-refractivity contribution in [3.63, 3.8) is 0 Å². The second-order valence-electron chi connectivity index (χ2n) is 10.5. The molecule has 13 nitrogen and oxygen atoms in total. The van der Waals surface area contributed by atoms with Crippen molar-refractivity contribution in [2.45, 2.75) is 62.3 Å². The maximum Gasteiger partial charge on any atom is 0.410 e. The summed E-state index contributed by atoms with van der Waals surface area (Å²) < 4.78 is 84.1. The van der Waals surface area contributed by atoms with Gasteiger partial charge in [0.15, 0.2) is 5.65 Å². The first-order valence-electron chi connectivity index (χ1n) is 13.4. The van der Waals surface area contributed by atoms with E-state index in [1.165, 1.54) is 31.1 Å². The van der Waals surface area contributed by atoms with Gasteiger partial charge in [0.2, 0.25) is 11.6 Å². The molecule has 0 aromatic carbocycles. The molecule has 0 bridgehead atoms. The summed E-state index contributed by atoms with van der Waals surface area (Å²) in [4.78, 5) is 31.3. The average Bonchev–Trinajstić information content (AvgIpc) is 3.70. The summed E-state index contributed by atoms with van der Waals surface area (Å²) in [6.45, 7) is -0.445. The standard InChI is InChI=1S/C25H29F5N8O5/c1-41-8-5-16(37-12-17(25(28,29)30)33-23(37)40)14-9-18-32-15(11-38(18)31-10-14)19(13-3-6-24(26,27)7-4-13)34-21(39)20-22(42-2)36-43-35-20/h9-11,13,16-17,19H,3-8,12H2,1-2H3,(H,33,40)(H,34,39). The minimum atomic E-state index is -4.62. The first-order valence-corrected chi connectivity index (χ1v) is 13.4. The Balaban J connectivity index is 1.46. The van der Waals surface area contributed by atoms with Crippen LogP contribution in [0.25, 0.3) is 5.65 Å². The van der Waals surface area contributed by atoms with E-state index in [9.17, 15) is 31.5 Å². The lowest BCUT2D eigenvalue weighted by Crippen LogP contribution is -2.40. The highest BCUT2D eigenvalue weighted by molar-refractivity contribution is 5.94. The Kier molecular flexibility index (Phi) is 8.40. The van der Waals surface area contributed by atoms with E-state index in [1.54, 1.807) is 6.07 Å². The SMILES string of the molecule is COCCC(c1cnn2cc(C(NC(=O)c3nonc3OC)C3CCC(F)(F)CC3)nc2c1)N1CC(C(F)(F)F)NC1=O. The molecule has 0 radical (unpaired) electrons. The molecule has 43 heavy (non-hydrogen) atoms. The maximum atomic E-state index is 14.0. The number of alkyl halides is 5. The third-order valence-corrected chi connectivity index (χ3v) is 7.75. The predicted octanol–water partition coefficient (Wildman–Crippen LogP) is 3.45. The van der Waals surface area contributed by atoms with E-state index in [2.05, 4.69) is 30.3 Å². The highest BCUT2D eigenvalue weighted by Crippen LogP contribution is 2.41. The molecule has 3 aromatic heterocycles. The molecule has 1 aliphatic heterocycles. The summed E-state index contributed by atoms with van der Waals surface area (Å²) in [6, 6.07) is -2.97. The summed E-state index contributed by atoms with van der Waals surface area (Å²) in [5, 5.41) is 16.2. The van der Waals surface area contributed by atoms with Crippen LogP contribution in [0.2, 0.25) is 0 Å². The lowest BCUT2D eigenvalue weighted by atomic mass is 9.81. The fraction of sp³-hybridized carbons (Fsp3) is 0.600. The third kappa shape index (κ3) is 6.47. The topological polar surface area (TPSA) is 149 Å². The number of nitrogens with zero attached hydrogens (tertiary/aromatic N) is 6. The molecule has 3 unspecified atom stereocenters. The Hall–Kier alpha value is -4.09. The van der Waals surface area contributed by atoms with E-state index in [1.807, 2.05) is 5.32 Å². The van der Waals surface area contributed by atoms with Crippen molar-refractivity contribution in [2.75, 3.05) is 27.4 Å². The number of ether oxygens (including phenoxy) is 2. The van der Waals surface area contributed by atoms with Crippen LogP contribution in [0.4, 0.5) is 26.7 Å². The molecule has 18 heteroatoms. The van der Waals surface area contributed by atoms with Crippen molar-refractivity contribution >= 4 is 17.6 Å². The van der Waals surface area contributed by atoms with Crippen LogP contribution in [0, 0.1) is 5.92 Å². The van der Waals surface area contributed by atoms with Crippen molar-refractivity contribution < 1.29 is 45.6 Å². The van der Waals surface area contributed by atoms with Crippen LogP contribution in [0.15, 0.2) is 23.1 Å². The molecule has 3 amide bonds. The minimum absolute atomic E-state index is 0.0994. The fourth-order valence-corrected chi connectivity index (χ4v) is 5.48. The molecule has 1 saturated heterocycles. The van der Waals surface area contributed by atoms with Gasteiger partial charge in [-0.15, -0.1) is 0 Å². The van der Waals surface area contributed by atoms with E-state index in [0.717, 1.165) is 4.90 Å². The van der Waals surface area contributed by atoms with Gasteiger partial charge in [0, 0.05) is 26.6 Å². The molecule has 3 aromatic rings. The Labute approximate surface area is 241 Å². The molecule has 234 valence electrons. The van der Waals surface area contributed by atoms with Crippen LogP contribution in [-0.2, 0) is 4.74 Å². The quantitative estimate of drug-likeness (QED) is 0.327. The zero-order valence-electron chi connectivity index (χ0n) is 23.1.